The first kappa shape index (κ1) is 19.7. The number of nitrogen functional groups attached to an aromatic ring is 2. The van der Waals surface area contributed by atoms with Crippen LogP contribution in [0.2, 0.25) is 0 Å². The van der Waals surface area contributed by atoms with Crippen molar-refractivity contribution < 1.29 is 4.79 Å². The molecular weight excluding hydrogens is 370 g/mol. The van der Waals surface area contributed by atoms with Crippen molar-refractivity contribution in [1.29, 1.82) is 0 Å². The summed E-state index contributed by atoms with van der Waals surface area (Å²) in [5, 5.41) is 0.0198. The van der Waals surface area contributed by atoms with Crippen molar-refractivity contribution in [2.24, 2.45) is 0 Å². The Morgan fingerprint density at radius 1 is 0.929 bits per heavy atom. The standard InChI is InChI=1S/C21H23N5OS/c1-15(28-21-24-18(22)12-19(23)25-21)20(27)26(13-16-8-4-2-5-9-16)14-17-10-6-3-7-11-17/h2-12,15H,13-14H2,1H3,(H4,22,23,24,25). The molecule has 0 aliphatic rings. The number of nitrogens with two attached hydrogens (primary N) is 2. The second-order valence-electron chi connectivity index (χ2n) is 6.43. The van der Waals surface area contributed by atoms with Gasteiger partial charge in [0.2, 0.25) is 5.91 Å². The minimum absolute atomic E-state index is 0.00213. The van der Waals surface area contributed by atoms with Crippen LogP contribution in [-0.4, -0.2) is 26.0 Å². The molecule has 1 aromatic heterocycles. The Hall–Kier alpha value is -3.06. The molecule has 0 spiro atoms. The van der Waals surface area contributed by atoms with Crippen LogP contribution in [0.4, 0.5) is 11.6 Å². The molecule has 3 aromatic rings. The Bertz CT molecular complexity index is 859. The fraction of sp³-hybridized carbons (Fsp3) is 0.190. The van der Waals surface area contributed by atoms with Gasteiger partial charge < -0.3 is 16.4 Å². The third kappa shape index (κ3) is 5.47. The Labute approximate surface area is 169 Å². The maximum absolute atomic E-state index is 13.2. The first-order valence-electron chi connectivity index (χ1n) is 8.94. The van der Waals surface area contributed by atoms with Gasteiger partial charge in [-0.1, -0.05) is 72.4 Å². The molecule has 28 heavy (non-hydrogen) atoms. The van der Waals surface area contributed by atoms with Crippen LogP contribution in [0.3, 0.4) is 0 Å². The molecule has 0 aliphatic carbocycles. The van der Waals surface area contributed by atoms with Crippen molar-refractivity contribution in [3.05, 3.63) is 77.9 Å². The van der Waals surface area contributed by atoms with Crippen LogP contribution in [0.25, 0.3) is 0 Å². The van der Waals surface area contributed by atoms with Crippen LogP contribution < -0.4 is 11.5 Å². The molecule has 7 heteroatoms. The number of anilines is 2. The molecule has 0 fully saturated rings. The first-order valence-corrected chi connectivity index (χ1v) is 9.82. The average molecular weight is 394 g/mol. The van der Waals surface area contributed by atoms with Crippen molar-refractivity contribution in [2.45, 2.75) is 30.4 Å². The van der Waals surface area contributed by atoms with E-state index in [-0.39, 0.29) is 11.2 Å². The van der Waals surface area contributed by atoms with Gasteiger partial charge in [0.1, 0.15) is 11.6 Å². The summed E-state index contributed by atoms with van der Waals surface area (Å²) in [7, 11) is 0. The van der Waals surface area contributed by atoms with Gasteiger partial charge in [0.05, 0.1) is 5.25 Å². The predicted molar refractivity (Wildman–Crippen MR) is 113 cm³/mol. The lowest BCUT2D eigenvalue weighted by Crippen LogP contribution is -2.35. The van der Waals surface area contributed by atoms with E-state index in [1.165, 1.54) is 17.8 Å². The minimum Gasteiger partial charge on any atom is -0.383 e. The van der Waals surface area contributed by atoms with Gasteiger partial charge in [0, 0.05) is 19.2 Å². The smallest absolute Gasteiger partial charge is 0.236 e. The SMILES string of the molecule is CC(Sc1nc(N)cc(N)n1)C(=O)N(Cc1ccccc1)Cc1ccccc1. The molecule has 1 heterocycles. The first-order chi connectivity index (χ1) is 13.5. The highest BCUT2D eigenvalue weighted by molar-refractivity contribution is 8.00. The topological polar surface area (TPSA) is 98.1 Å². The molecule has 0 radical (unpaired) electrons. The van der Waals surface area contributed by atoms with Crippen molar-refractivity contribution in [3.8, 4) is 0 Å². The maximum atomic E-state index is 13.2. The van der Waals surface area contributed by atoms with Crippen LogP contribution in [0.15, 0.2) is 71.9 Å². The zero-order valence-corrected chi connectivity index (χ0v) is 16.5. The Morgan fingerprint density at radius 3 is 1.86 bits per heavy atom. The number of hydrogen-bond acceptors (Lipinski definition) is 6. The molecule has 1 atom stereocenters. The second-order valence-corrected chi connectivity index (χ2v) is 7.73. The predicted octanol–water partition coefficient (Wildman–Crippen LogP) is 3.35. The van der Waals surface area contributed by atoms with Gasteiger partial charge in [-0.2, -0.15) is 0 Å². The van der Waals surface area contributed by atoms with Crippen molar-refractivity contribution in [2.75, 3.05) is 11.5 Å². The molecular formula is C21H23N5OS. The number of rotatable bonds is 7. The largest absolute Gasteiger partial charge is 0.383 e. The highest BCUT2D eigenvalue weighted by Crippen LogP contribution is 2.24. The number of hydrogen-bond donors (Lipinski definition) is 2. The van der Waals surface area contributed by atoms with E-state index in [1.807, 2.05) is 72.5 Å². The van der Waals surface area contributed by atoms with Gasteiger partial charge in [-0.05, 0) is 18.1 Å². The van der Waals surface area contributed by atoms with Gasteiger partial charge in [0.25, 0.3) is 0 Å². The van der Waals surface area contributed by atoms with Gasteiger partial charge >= 0.3 is 0 Å². The van der Waals surface area contributed by atoms with Crippen molar-refractivity contribution >= 4 is 29.3 Å². The molecule has 0 saturated carbocycles. The van der Waals surface area contributed by atoms with E-state index in [1.54, 1.807) is 0 Å². The summed E-state index contributed by atoms with van der Waals surface area (Å²) < 4.78 is 0. The average Bonchev–Trinajstić information content (AvgIpc) is 2.67. The van der Waals surface area contributed by atoms with Crippen LogP contribution in [0.1, 0.15) is 18.1 Å². The van der Waals surface area contributed by atoms with E-state index in [2.05, 4.69) is 9.97 Å². The van der Waals surface area contributed by atoms with E-state index in [9.17, 15) is 4.79 Å². The number of thioether (sulfide) groups is 1. The summed E-state index contributed by atoms with van der Waals surface area (Å²) in [6, 6.07) is 21.4. The normalized spacial score (nSPS) is 11.8. The molecule has 0 bridgehead atoms. The maximum Gasteiger partial charge on any atom is 0.236 e. The van der Waals surface area contributed by atoms with Gasteiger partial charge in [-0.15, -0.1) is 0 Å². The van der Waals surface area contributed by atoms with Crippen LogP contribution >= 0.6 is 11.8 Å². The third-order valence-electron chi connectivity index (χ3n) is 4.12. The molecule has 144 valence electrons. The number of aromatic nitrogens is 2. The van der Waals surface area contributed by atoms with E-state index in [4.69, 9.17) is 11.5 Å². The second kappa shape index (κ2) is 9.23. The van der Waals surface area contributed by atoms with Crippen molar-refractivity contribution in [1.82, 2.24) is 14.9 Å². The summed E-state index contributed by atoms with van der Waals surface area (Å²) >= 11 is 1.26. The summed E-state index contributed by atoms with van der Waals surface area (Å²) in [6.45, 7) is 2.90. The summed E-state index contributed by atoms with van der Waals surface area (Å²) in [5.41, 5.74) is 13.6. The monoisotopic (exact) mass is 393 g/mol. The lowest BCUT2D eigenvalue weighted by molar-refractivity contribution is -0.131. The zero-order chi connectivity index (χ0) is 19.9. The van der Waals surface area contributed by atoms with Gasteiger partial charge in [0.15, 0.2) is 5.16 Å². The summed E-state index contributed by atoms with van der Waals surface area (Å²) in [6.07, 6.45) is 0. The van der Waals surface area contributed by atoms with Crippen LogP contribution in [0, 0.1) is 0 Å². The molecule has 6 nitrogen and oxygen atoms in total. The molecule has 0 aliphatic heterocycles. The number of amides is 1. The summed E-state index contributed by atoms with van der Waals surface area (Å²) in [5.74, 6) is 0.586. The van der Waals surface area contributed by atoms with Gasteiger partial charge in [-0.25, -0.2) is 9.97 Å². The Balaban J connectivity index is 1.78. The lowest BCUT2D eigenvalue weighted by Gasteiger charge is -2.26. The minimum atomic E-state index is -0.381. The fourth-order valence-corrected chi connectivity index (χ4v) is 3.68. The molecule has 4 N–H and O–H groups in total. The molecule has 1 unspecified atom stereocenters. The fourth-order valence-electron chi connectivity index (χ4n) is 2.80. The van der Waals surface area contributed by atoms with E-state index in [0.717, 1.165) is 11.1 Å². The highest BCUT2D eigenvalue weighted by atomic mass is 32.2. The highest BCUT2D eigenvalue weighted by Gasteiger charge is 2.23. The molecule has 1 amide bonds. The Kier molecular flexibility index (Phi) is 6.49. The third-order valence-corrected chi connectivity index (χ3v) is 5.07. The molecule has 2 aromatic carbocycles. The molecule has 3 rings (SSSR count). The van der Waals surface area contributed by atoms with Crippen molar-refractivity contribution in [3.63, 3.8) is 0 Å². The Morgan fingerprint density at radius 2 is 1.39 bits per heavy atom. The zero-order valence-electron chi connectivity index (χ0n) is 15.7. The van der Waals surface area contributed by atoms with E-state index >= 15 is 0 Å². The number of carbonyl (C=O) groups is 1. The quantitative estimate of drug-likeness (QED) is 0.472. The lowest BCUT2D eigenvalue weighted by atomic mass is 10.1. The van der Waals surface area contributed by atoms with Gasteiger partial charge in [-0.3, -0.25) is 4.79 Å². The van der Waals surface area contributed by atoms with E-state index < -0.39 is 0 Å². The van der Waals surface area contributed by atoms with Crippen LogP contribution in [0.5, 0.6) is 0 Å². The summed E-state index contributed by atoms with van der Waals surface area (Å²) in [4.78, 5) is 23.4. The van der Waals surface area contributed by atoms with Crippen LogP contribution in [-0.2, 0) is 17.9 Å². The number of carbonyl (C=O) groups excluding carboxylic acids is 1. The molecule has 0 saturated heterocycles. The number of nitrogens with zero attached hydrogens (tertiary/aromatic N) is 3. The number of benzene rings is 2. The van der Waals surface area contributed by atoms with E-state index in [0.29, 0.717) is 29.9 Å².